The Balaban J connectivity index is 2.31. The summed E-state index contributed by atoms with van der Waals surface area (Å²) in [6, 6.07) is 6.54. The van der Waals surface area contributed by atoms with Crippen LogP contribution in [0.1, 0.15) is 49.3 Å². The molecule has 19 heavy (non-hydrogen) atoms. The molecule has 0 radical (unpaired) electrons. The van der Waals surface area contributed by atoms with Gasteiger partial charge in [0.05, 0.1) is 0 Å². The van der Waals surface area contributed by atoms with Crippen LogP contribution in [0, 0.1) is 13.8 Å². The molecular formula is C16H24N2O. The van der Waals surface area contributed by atoms with Gasteiger partial charge in [-0.3, -0.25) is 10.1 Å². The van der Waals surface area contributed by atoms with Crippen LogP contribution in [0.5, 0.6) is 0 Å². The number of carbonyl (C=O) groups is 1. The highest BCUT2D eigenvalue weighted by atomic mass is 16.1. The van der Waals surface area contributed by atoms with Gasteiger partial charge in [0.15, 0.2) is 0 Å². The van der Waals surface area contributed by atoms with E-state index >= 15 is 0 Å². The number of carbonyl (C=O) groups excluding carboxylic acids is 1. The number of amides is 1. The highest BCUT2D eigenvalue weighted by molar-refractivity contribution is 5.85. The molecule has 1 fully saturated rings. The molecule has 0 aliphatic heterocycles. The molecule has 0 bridgehead atoms. The summed E-state index contributed by atoms with van der Waals surface area (Å²) in [5.41, 5.74) is 8.29. The average molecular weight is 260 g/mol. The van der Waals surface area contributed by atoms with E-state index in [1.165, 1.54) is 24.0 Å². The second-order valence-electron chi connectivity index (χ2n) is 5.91. The van der Waals surface area contributed by atoms with Gasteiger partial charge in [-0.05, 0) is 50.3 Å². The summed E-state index contributed by atoms with van der Waals surface area (Å²) in [5.74, 6) is -0.303. The molecule has 0 aromatic heterocycles. The van der Waals surface area contributed by atoms with Crippen LogP contribution in [0.4, 0.5) is 0 Å². The third-order valence-electron chi connectivity index (χ3n) is 4.43. The monoisotopic (exact) mass is 260 g/mol. The Bertz CT molecular complexity index is 478. The van der Waals surface area contributed by atoms with Gasteiger partial charge in [-0.1, -0.05) is 31.0 Å². The Morgan fingerprint density at radius 1 is 1.26 bits per heavy atom. The summed E-state index contributed by atoms with van der Waals surface area (Å²) in [4.78, 5) is 12.0. The molecule has 2 rings (SSSR count). The lowest BCUT2D eigenvalue weighted by Gasteiger charge is -2.32. The maximum absolute atomic E-state index is 12.0. The first kappa shape index (κ1) is 14.1. The zero-order valence-electron chi connectivity index (χ0n) is 12.1. The van der Waals surface area contributed by atoms with Crippen molar-refractivity contribution in [1.29, 1.82) is 0 Å². The van der Waals surface area contributed by atoms with Crippen molar-refractivity contribution in [2.75, 3.05) is 0 Å². The number of aryl methyl sites for hydroxylation is 2. The maximum Gasteiger partial charge on any atom is 0.242 e. The highest BCUT2D eigenvalue weighted by Crippen LogP contribution is 2.27. The van der Waals surface area contributed by atoms with Gasteiger partial charge in [0.2, 0.25) is 5.91 Å². The van der Waals surface area contributed by atoms with Crippen LogP contribution >= 0.6 is 0 Å². The molecule has 0 spiro atoms. The molecule has 1 aromatic rings. The van der Waals surface area contributed by atoms with Crippen LogP contribution in [-0.2, 0) is 10.3 Å². The van der Waals surface area contributed by atoms with Crippen LogP contribution in [-0.4, -0.2) is 11.9 Å². The third kappa shape index (κ3) is 2.81. The van der Waals surface area contributed by atoms with E-state index in [9.17, 15) is 4.79 Å². The number of hydrogen-bond acceptors (Lipinski definition) is 2. The summed E-state index contributed by atoms with van der Waals surface area (Å²) in [5, 5.41) is 3.48. The molecule has 3 N–H and O–H groups in total. The fraction of sp³-hybridized carbons (Fsp3) is 0.562. The Hall–Kier alpha value is -1.35. The van der Waals surface area contributed by atoms with Gasteiger partial charge in [-0.25, -0.2) is 0 Å². The van der Waals surface area contributed by atoms with Gasteiger partial charge in [0, 0.05) is 6.04 Å². The predicted octanol–water partition coefficient (Wildman–Crippen LogP) is 2.54. The Labute approximate surface area is 115 Å². The van der Waals surface area contributed by atoms with Gasteiger partial charge in [0.1, 0.15) is 5.54 Å². The van der Waals surface area contributed by atoms with E-state index in [0.717, 1.165) is 18.4 Å². The van der Waals surface area contributed by atoms with Gasteiger partial charge in [-0.2, -0.15) is 0 Å². The molecule has 1 unspecified atom stereocenters. The second kappa shape index (κ2) is 5.33. The number of nitrogens with one attached hydrogen (secondary N) is 1. The number of benzene rings is 1. The van der Waals surface area contributed by atoms with E-state index in [2.05, 4.69) is 31.3 Å². The van der Waals surface area contributed by atoms with E-state index in [0.29, 0.717) is 6.04 Å². The topological polar surface area (TPSA) is 55.1 Å². The van der Waals surface area contributed by atoms with Crippen LogP contribution < -0.4 is 11.1 Å². The zero-order chi connectivity index (χ0) is 14.0. The van der Waals surface area contributed by atoms with E-state index in [4.69, 9.17) is 5.73 Å². The fourth-order valence-corrected chi connectivity index (χ4v) is 2.83. The quantitative estimate of drug-likeness (QED) is 0.874. The average Bonchev–Trinajstić information content (AvgIpc) is 2.85. The minimum Gasteiger partial charge on any atom is -0.368 e. The highest BCUT2D eigenvalue weighted by Gasteiger charge is 2.36. The largest absolute Gasteiger partial charge is 0.368 e. The minimum atomic E-state index is -0.770. The SMILES string of the molecule is Cc1ccc(C(C)(NC2CCCC2)C(N)=O)cc1C. The number of rotatable bonds is 4. The lowest BCUT2D eigenvalue weighted by Crippen LogP contribution is -2.53. The number of nitrogens with two attached hydrogens (primary N) is 1. The molecule has 3 nitrogen and oxygen atoms in total. The summed E-state index contributed by atoms with van der Waals surface area (Å²) < 4.78 is 0. The summed E-state index contributed by atoms with van der Waals surface area (Å²) >= 11 is 0. The molecule has 1 aromatic carbocycles. The molecule has 3 heteroatoms. The summed E-state index contributed by atoms with van der Waals surface area (Å²) in [6.45, 7) is 6.04. The zero-order valence-corrected chi connectivity index (χ0v) is 12.1. The van der Waals surface area contributed by atoms with Crippen LogP contribution in [0.25, 0.3) is 0 Å². The lowest BCUT2D eigenvalue weighted by atomic mass is 9.88. The lowest BCUT2D eigenvalue weighted by molar-refractivity contribution is -0.124. The molecule has 104 valence electrons. The van der Waals surface area contributed by atoms with Crippen LogP contribution in [0.2, 0.25) is 0 Å². The van der Waals surface area contributed by atoms with Crippen molar-refractivity contribution in [2.45, 2.75) is 58.0 Å². The van der Waals surface area contributed by atoms with Gasteiger partial charge in [-0.15, -0.1) is 0 Å². The Morgan fingerprint density at radius 2 is 1.89 bits per heavy atom. The molecule has 1 amide bonds. The molecule has 0 saturated heterocycles. The van der Waals surface area contributed by atoms with Gasteiger partial charge < -0.3 is 5.73 Å². The van der Waals surface area contributed by atoms with Crippen molar-refractivity contribution in [1.82, 2.24) is 5.32 Å². The molecular weight excluding hydrogens is 236 g/mol. The maximum atomic E-state index is 12.0. The van der Waals surface area contributed by atoms with E-state index in [1.54, 1.807) is 0 Å². The molecule has 1 saturated carbocycles. The van der Waals surface area contributed by atoms with Crippen molar-refractivity contribution in [3.63, 3.8) is 0 Å². The van der Waals surface area contributed by atoms with Crippen molar-refractivity contribution in [3.8, 4) is 0 Å². The molecule has 1 aliphatic carbocycles. The summed E-state index contributed by atoms with van der Waals surface area (Å²) in [6.07, 6.45) is 4.74. The molecule has 1 atom stereocenters. The first-order valence-electron chi connectivity index (χ1n) is 7.09. The van der Waals surface area contributed by atoms with Crippen LogP contribution in [0.3, 0.4) is 0 Å². The van der Waals surface area contributed by atoms with Crippen molar-refractivity contribution in [2.24, 2.45) is 5.73 Å². The first-order chi connectivity index (χ1) is 8.93. The van der Waals surface area contributed by atoms with Crippen molar-refractivity contribution in [3.05, 3.63) is 34.9 Å². The van der Waals surface area contributed by atoms with Crippen LogP contribution in [0.15, 0.2) is 18.2 Å². The smallest absolute Gasteiger partial charge is 0.242 e. The van der Waals surface area contributed by atoms with E-state index in [-0.39, 0.29) is 5.91 Å². The first-order valence-corrected chi connectivity index (χ1v) is 7.09. The molecule has 1 aliphatic rings. The summed E-state index contributed by atoms with van der Waals surface area (Å²) in [7, 11) is 0. The Morgan fingerprint density at radius 3 is 2.42 bits per heavy atom. The second-order valence-corrected chi connectivity index (χ2v) is 5.91. The third-order valence-corrected chi connectivity index (χ3v) is 4.43. The Kier molecular flexibility index (Phi) is 3.95. The standard InChI is InChI=1S/C16H24N2O/c1-11-8-9-13(10-12(11)2)16(3,15(17)19)18-14-6-4-5-7-14/h8-10,14,18H,4-7H2,1-3H3,(H2,17,19). The van der Waals surface area contributed by atoms with Crippen molar-refractivity contribution >= 4 is 5.91 Å². The fourth-order valence-electron chi connectivity index (χ4n) is 2.83. The van der Waals surface area contributed by atoms with E-state index in [1.807, 2.05) is 13.0 Å². The number of primary amides is 1. The normalized spacial score (nSPS) is 19.3. The predicted molar refractivity (Wildman–Crippen MR) is 77.9 cm³/mol. The number of hydrogen-bond donors (Lipinski definition) is 2. The minimum absolute atomic E-state index is 0.303. The van der Waals surface area contributed by atoms with E-state index < -0.39 is 5.54 Å². The van der Waals surface area contributed by atoms with Gasteiger partial charge in [0.25, 0.3) is 0 Å². The van der Waals surface area contributed by atoms with Crippen molar-refractivity contribution < 1.29 is 4.79 Å². The molecule has 0 heterocycles. The van der Waals surface area contributed by atoms with Gasteiger partial charge >= 0.3 is 0 Å².